The number of amides is 1. The molecule has 1 N–H and O–H groups in total. The third-order valence-electron chi connectivity index (χ3n) is 5.14. The van der Waals surface area contributed by atoms with Crippen molar-refractivity contribution in [3.63, 3.8) is 0 Å². The van der Waals surface area contributed by atoms with E-state index >= 15 is 0 Å². The number of rotatable bonds is 7. The van der Waals surface area contributed by atoms with Gasteiger partial charge < -0.3 is 5.32 Å². The van der Waals surface area contributed by atoms with Crippen LogP contribution in [0.25, 0.3) is 11.1 Å². The van der Waals surface area contributed by atoms with Crippen LogP contribution in [0.1, 0.15) is 18.1 Å². The van der Waals surface area contributed by atoms with Crippen LogP contribution in [0.15, 0.2) is 77.7 Å². The minimum absolute atomic E-state index is 0.189. The van der Waals surface area contributed by atoms with E-state index in [2.05, 4.69) is 5.32 Å². The molecule has 33 heavy (non-hydrogen) atoms. The molecule has 9 heteroatoms. The third kappa shape index (κ3) is 6.27. The van der Waals surface area contributed by atoms with Gasteiger partial charge in [-0.1, -0.05) is 30.3 Å². The van der Waals surface area contributed by atoms with E-state index < -0.39 is 34.6 Å². The molecular weight excluding hydrogens is 456 g/mol. The summed E-state index contributed by atoms with van der Waals surface area (Å²) in [5.74, 6) is -0.796. The predicted molar refractivity (Wildman–Crippen MR) is 119 cm³/mol. The summed E-state index contributed by atoms with van der Waals surface area (Å²) in [6.45, 7) is 1.80. The second kappa shape index (κ2) is 10.3. The number of halogens is 4. The first kappa shape index (κ1) is 24.6. The molecule has 0 saturated carbocycles. The van der Waals surface area contributed by atoms with Crippen LogP contribution in [0.3, 0.4) is 0 Å². The van der Waals surface area contributed by atoms with Crippen LogP contribution in [0.2, 0.25) is 0 Å². The lowest BCUT2D eigenvalue weighted by Crippen LogP contribution is -2.43. The third-order valence-corrected chi connectivity index (χ3v) is 6.66. The maximum atomic E-state index is 13.1. The van der Waals surface area contributed by atoms with Gasteiger partial charge in [0.05, 0.1) is 16.5 Å². The van der Waals surface area contributed by atoms with Gasteiger partial charge >= 0.3 is 6.18 Å². The van der Waals surface area contributed by atoms with Gasteiger partial charge in [0.2, 0.25) is 5.91 Å². The summed E-state index contributed by atoms with van der Waals surface area (Å²) in [5, 5.41) is 2.78. The lowest BCUT2D eigenvalue weighted by atomic mass is 10.0. The fraction of sp³-hybridized carbons (Fsp3) is 0.208. The number of carbonyl (C=O) groups is 1. The predicted octanol–water partition coefficient (Wildman–Crippen LogP) is 5.17. The maximum Gasteiger partial charge on any atom is 0.416 e. The number of nitrogens with one attached hydrogen (secondary N) is 1. The van der Waals surface area contributed by atoms with Crippen molar-refractivity contribution in [1.29, 1.82) is 0 Å². The second-order valence-corrected chi connectivity index (χ2v) is 8.96. The molecule has 0 aromatic heterocycles. The van der Waals surface area contributed by atoms with Gasteiger partial charge in [-0.05, 0) is 66.1 Å². The Labute approximate surface area is 191 Å². The van der Waals surface area contributed by atoms with Gasteiger partial charge in [-0.25, -0.2) is 12.9 Å². The molecule has 2 atom stereocenters. The molecule has 174 valence electrons. The number of hydrogen-bond acceptors (Lipinski definition) is 2. The number of hydrogen-bond donors (Lipinski definition) is 1. The van der Waals surface area contributed by atoms with E-state index in [1.54, 1.807) is 31.2 Å². The molecule has 0 aliphatic heterocycles. The molecule has 0 bridgehead atoms. The van der Waals surface area contributed by atoms with Gasteiger partial charge in [0.25, 0.3) is 0 Å². The molecule has 3 aromatic carbocycles. The highest BCUT2D eigenvalue weighted by molar-refractivity contribution is 7.82. The van der Waals surface area contributed by atoms with Gasteiger partial charge in [0.15, 0.2) is 0 Å². The Balaban J connectivity index is 1.63. The number of likely N-dealkylation sites (N-methyl/N-ethyl adjacent to an activating group) is 1. The summed E-state index contributed by atoms with van der Waals surface area (Å²) in [4.78, 5) is 13.0. The second-order valence-electron chi connectivity index (χ2n) is 7.42. The summed E-state index contributed by atoms with van der Waals surface area (Å²) in [6, 6.07) is 16.5. The number of alkyl halides is 3. The van der Waals surface area contributed by atoms with Crippen molar-refractivity contribution in [2.75, 3.05) is 7.05 Å². The molecule has 0 saturated heterocycles. The van der Waals surface area contributed by atoms with Gasteiger partial charge in [-0.3, -0.25) is 4.79 Å². The highest BCUT2D eigenvalue weighted by Gasteiger charge is 2.30. The van der Waals surface area contributed by atoms with Crippen molar-refractivity contribution in [3.8, 4) is 11.1 Å². The van der Waals surface area contributed by atoms with Crippen LogP contribution in [0.5, 0.6) is 0 Å². The molecule has 0 aliphatic rings. The van der Waals surface area contributed by atoms with Crippen LogP contribution >= 0.6 is 0 Å². The molecule has 3 rings (SSSR count). The zero-order valence-electron chi connectivity index (χ0n) is 17.9. The van der Waals surface area contributed by atoms with Gasteiger partial charge in [0, 0.05) is 13.6 Å². The molecule has 0 spiro atoms. The van der Waals surface area contributed by atoms with E-state index in [0.29, 0.717) is 10.5 Å². The van der Waals surface area contributed by atoms with Crippen LogP contribution < -0.4 is 5.32 Å². The minimum atomic E-state index is -4.39. The van der Waals surface area contributed by atoms with E-state index in [-0.39, 0.29) is 12.5 Å². The SMILES string of the molecule is C[C@@H](C(=O)NCc1cccc(-c2ccc(C(F)(F)F)cc2)c1)N(C)S(=O)c1ccc(F)cc1. The molecule has 0 radical (unpaired) electrons. The monoisotopic (exact) mass is 478 g/mol. The Kier molecular flexibility index (Phi) is 7.65. The van der Waals surface area contributed by atoms with E-state index in [1.165, 1.54) is 47.8 Å². The molecule has 0 heterocycles. The molecule has 1 unspecified atom stereocenters. The molecular formula is C24H22F4N2O2S. The normalized spacial score (nSPS) is 13.5. The first-order valence-electron chi connectivity index (χ1n) is 10.0. The highest BCUT2D eigenvalue weighted by Crippen LogP contribution is 2.31. The Hall–Kier alpha value is -3.04. The van der Waals surface area contributed by atoms with Crippen LogP contribution in [0.4, 0.5) is 17.6 Å². The largest absolute Gasteiger partial charge is 0.416 e. The van der Waals surface area contributed by atoms with E-state index in [0.717, 1.165) is 23.3 Å². The van der Waals surface area contributed by atoms with E-state index in [9.17, 15) is 26.6 Å². The van der Waals surface area contributed by atoms with Gasteiger partial charge in [-0.2, -0.15) is 13.2 Å². The van der Waals surface area contributed by atoms with Crippen molar-refractivity contribution >= 4 is 16.9 Å². The van der Waals surface area contributed by atoms with E-state index in [4.69, 9.17) is 0 Å². The van der Waals surface area contributed by atoms with Crippen molar-refractivity contribution in [2.24, 2.45) is 0 Å². The molecule has 0 aliphatic carbocycles. The Morgan fingerprint density at radius 3 is 2.24 bits per heavy atom. The molecule has 3 aromatic rings. The van der Waals surface area contributed by atoms with Crippen molar-refractivity contribution in [2.45, 2.75) is 30.6 Å². The summed E-state index contributed by atoms with van der Waals surface area (Å²) in [7, 11) is -0.110. The molecule has 0 fully saturated rings. The minimum Gasteiger partial charge on any atom is -0.351 e. The first-order chi connectivity index (χ1) is 15.6. The van der Waals surface area contributed by atoms with Crippen LogP contribution in [-0.4, -0.2) is 27.5 Å². The Morgan fingerprint density at radius 2 is 1.64 bits per heavy atom. The zero-order chi connectivity index (χ0) is 24.2. The van der Waals surface area contributed by atoms with Crippen LogP contribution in [-0.2, 0) is 28.5 Å². The lowest BCUT2D eigenvalue weighted by molar-refractivity contribution is -0.137. The smallest absolute Gasteiger partial charge is 0.351 e. The fourth-order valence-electron chi connectivity index (χ4n) is 3.08. The average Bonchev–Trinajstić information content (AvgIpc) is 2.81. The topological polar surface area (TPSA) is 49.4 Å². The van der Waals surface area contributed by atoms with Gasteiger partial charge in [-0.15, -0.1) is 0 Å². The van der Waals surface area contributed by atoms with Crippen LogP contribution in [0, 0.1) is 5.82 Å². The standard InChI is InChI=1S/C24H22F4N2O2S/c1-16(30(2)33(32)22-12-10-21(25)11-13-22)23(31)29-15-17-4-3-5-19(14-17)18-6-8-20(9-7-18)24(26,27)28/h3-14,16H,15H2,1-2H3,(H,29,31)/t16-,33?/m0/s1. The Bertz CT molecular complexity index is 1130. The summed E-state index contributed by atoms with van der Waals surface area (Å²) in [6.07, 6.45) is -4.39. The fourth-order valence-corrected chi connectivity index (χ4v) is 4.16. The molecule has 1 amide bonds. The van der Waals surface area contributed by atoms with Crippen molar-refractivity contribution < 1.29 is 26.6 Å². The summed E-state index contributed by atoms with van der Waals surface area (Å²) < 4.78 is 65.4. The average molecular weight is 479 g/mol. The van der Waals surface area contributed by atoms with E-state index in [1.807, 2.05) is 0 Å². The number of nitrogens with zero attached hydrogens (tertiary/aromatic N) is 1. The van der Waals surface area contributed by atoms with Gasteiger partial charge in [0.1, 0.15) is 16.8 Å². The molecule has 4 nitrogen and oxygen atoms in total. The lowest BCUT2D eigenvalue weighted by Gasteiger charge is -2.22. The van der Waals surface area contributed by atoms with Crippen molar-refractivity contribution in [3.05, 3.63) is 89.7 Å². The summed E-state index contributed by atoms with van der Waals surface area (Å²) in [5.41, 5.74) is 1.39. The first-order valence-corrected chi connectivity index (χ1v) is 11.1. The highest BCUT2D eigenvalue weighted by atomic mass is 32.2. The zero-order valence-corrected chi connectivity index (χ0v) is 18.7. The number of carbonyl (C=O) groups excluding carboxylic acids is 1. The summed E-state index contributed by atoms with van der Waals surface area (Å²) >= 11 is 0. The quantitative estimate of drug-likeness (QED) is 0.477. The number of benzene rings is 3. The van der Waals surface area contributed by atoms with Crippen molar-refractivity contribution in [1.82, 2.24) is 9.62 Å². The maximum absolute atomic E-state index is 13.1. The Morgan fingerprint density at radius 1 is 1.00 bits per heavy atom.